The summed E-state index contributed by atoms with van der Waals surface area (Å²) in [5, 5.41) is 0. The minimum atomic E-state index is -0.349. The highest BCUT2D eigenvalue weighted by atomic mass is 16.6. The Kier molecular flexibility index (Phi) is 6.44. The molecule has 0 atom stereocenters. The molecule has 1 saturated heterocycles. The zero-order chi connectivity index (χ0) is 20.6. The number of aromatic nitrogens is 1. The van der Waals surface area contributed by atoms with Crippen LogP contribution >= 0.6 is 0 Å². The van der Waals surface area contributed by atoms with Gasteiger partial charge in [-0.2, -0.15) is 0 Å². The minimum absolute atomic E-state index is 0.0526. The van der Waals surface area contributed by atoms with E-state index in [0.717, 1.165) is 29.9 Å². The number of piperidine rings is 1. The molecule has 1 aliphatic heterocycles. The first-order valence-electron chi connectivity index (χ1n) is 10.1. The summed E-state index contributed by atoms with van der Waals surface area (Å²) < 4.78 is 17.4. The smallest absolute Gasteiger partial charge is 0.415 e. The number of likely N-dealkylation sites (tertiary alicyclic amines) is 1. The average molecular weight is 404 g/mol. The molecule has 1 aromatic heterocycles. The number of carbonyl (C=O) groups excluding carboxylic acids is 1. The maximum Gasteiger partial charge on any atom is 0.415 e. The summed E-state index contributed by atoms with van der Waals surface area (Å²) >= 11 is 0. The third-order valence-electron chi connectivity index (χ3n) is 4.90. The molecule has 1 fully saturated rings. The molecule has 0 N–H and O–H groups in total. The summed E-state index contributed by atoms with van der Waals surface area (Å²) in [6.45, 7) is 1.70. The number of pyridine rings is 1. The summed E-state index contributed by atoms with van der Waals surface area (Å²) in [5.41, 5.74) is 1.12. The van der Waals surface area contributed by atoms with E-state index in [-0.39, 0.29) is 12.2 Å². The lowest BCUT2D eigenvalue weighted by Gasteiger charge is -2.31. The van der Waals surface area contributed by atoms with E-state index in [0.29, 0.717) is 25.4 Å². The summed E-state index contributed by atoms with van der Waals surface area (Å²) in [7, 11) is 0. The second kappa shape index (κ2) is 9.78. The monoisotopic (exact) mass is 404 g/mol. The lowest BCUT2D eigenvalue weighted by Crippen LogP contribution is -2.43. The third kappa shape index (κ3) is 5.50. The molecule has 0 saturated carbocycles. The minimum Gasteiger partial charge on any atom is -0.490 e. The Morgan fingerprint density at radius 1 is 0.933 bits per heavy atom. The maximum absolute atomic E-state index is 12.3. The zero-order valence-electron chi connectivity index (χ0n) is 16.6. The van der Waals surface area contributed by atoms with Crippen LogP contribution in [0.25, 0.3) is 0 Å². The van der Waals surface area contributed by atoms with Crippen LogP contribution in [0.3, 0.4) is 0 Å². The Bertz CT molecular complexity index is 942. The van der Waals surface area contributed by atoms with Gasteiger partial charge in [0.2, 0.25) is 0 Å². The van der Waals surface area contributed by atoms with E-state index in [2.05, 4.69) is 4.98 Å². The molecular formula is C24H24N2O4. The van der Waals surface area contributed by atoms with Crippen LogP contribution in [0.1, 0.15) is 18.4 Å². The standard InChI is InChI=1S/C24H24N2O4/c27-24(30-23-10-5-13-25-17-23)26-14-11-20(12-15-26)29-22-9-4-8-21(16-22)28-18-19-6-2-1-3-7-19/h1-10,13,16-17,20H,11-12,14-15,18H2. The molecule has 1 amide bonds. The van der Waals surface area contributed by atoms with Crippen LogP contribution < -0.4 is 14.2 Å². The number of rotatable bonds is 6. The van der Waals surface area contributed by atoms with Crippen molar-refractivity contribution in [2.45, 2.75) is 25.6 Å². The van der Waals surface area contributed by atoms with Crippen molar-refractivity contribution in [2.75, 3.05) is 13.1 Å². The number of amides is 1. The number of carbonyl (C=O) groups is 1. The van der Waals surface area contributed by atoms with Crippen molar-refractivity contribution in [1.82, 2.24) is 9.88 Å². The maximum atomic E-state index is 12.3. The number of benzene rings is 2. The van der Waals surface area contributed by atoms with Crippen LogP contribution in [0.15, 0.2) is 79.1 Å². The summed E-state index contributed by atoms with van der Waals surface area (Å²) in [6.07, 6.45) is 4.37. The van der Waals surface area contributed by atoms with Crippen molar-refractivity contribution in [3.63, 3.8) is 0 Å². The first kappa shape index (κ1) is 19.8. The number of hydrogen-bond donors (Lipinski definition) is 0. The molecule has 0 unspecified atom stereocenters. The summed E-state index contributed by atoms with van der Waals surface area (Å²) in [5.74, 6) is 2.00. The number of hydrogen-bond acceptors (Lipinski definition) is 5. The van der Waals surface area contributed by atoms with E-state index in [1.807, 2.05) is 54.6 Å². The van der Waals surface area contributed by atoms with Crippen LogP contribution in [-0.4, -0.2) is 35.2 Å². The van der Waals surface area contributed by atoms with Crippen molar-refractivity contribution in [3.8, 4) is 17.2 Å². The molecule has 0 spiro atoms. The molecule has 0 radical (unpaired) electrons. The van der Waals surface area contributed by atoms with Gasteiger partial charge in [-0.1, -0.05) is 36.4 Å². The van der Waals surface area contributed by atoms with Gasteiger partial charge in [0.05, 0.1) is 6.20 Å². The highest BCUT2D eigenvalue weighted by Crippen LogP contribution is 2.24. The average Bonchev–Trinajstić information content (AvgIpc) is 2.80. The van der Waals surface area contributed by atoms with Gasteiger partial charge in [-0.3, -0.25) is 4.98 Å². The lowest BCUT2D eigenvalue weighted by atomic mass is 10.1. The van der Waals surface area contributed by atoms with Crippen LogP contribution in [-0.2, 0) is 6.61 Å². The molecule has 6 nitrogen and oxygen atoms in total. The molecule has 3 aromatic rings. The van der Waals surface area contributed by atoms with E-state index in [1.54, 1.807) is 23.2 Å². The lowest BCUT2D eigenvalue weighted by molar-refractivity contribution is 0.0928. The molecule has 2 heterocycles. The van der Waals surface area contributed by atoms with E-state index < -0.39 is 0 Å². The van der Waals surface area contributed by atoms with Crippen molar-refractivity contribution in [2.24, 2.45) is 0 Å². The fourth-order valence-corrected chi connectivity index (χ4v) is 3.30. The molecule has 0 bridgehead atoms. The Morgan fingerprint density at radius 2 is 1.70 bits per heavy atom. The van der Waals surface area contributed by atoms with Gasteiger partial charge in [0.15, 0.2) is 5.75 Å². The second-order valence-corrected chi connectivity index (χ2v) is 7.11. The fraction of sp³-hybridized carbons (Fsp3) is 0.250. The molecular weight excluding hydrogens is 380 g/mol. The number of ether oxygens (including phenoxy) is 3. The molecule has 6 heteroatoms. The molecule has 30 heavy (non-hydrogen) atoms. The Labute approximate surface area is 176 Å². The van der Waals surface area contributed by atoms with E-state index >= 15 is 0 Å². The Morgan fingerprint density at radius 3 is 2.47 bits per heavy atom. The van der Waals surface area contributed by atoms with Crippen LogP contribution in [0.4, 0.5) is 4.79 Å². The molecule has 2 aromatic carbocycles. The quantitative estimate of drug-likeness (QED) is 0.596. The van der Waals surface area contributed by atoms with Gasteiger partial charge in [-0.05, 0) is 29.8 Å². The molecule has 0 aliphatic carbocycles. The van der Waals surface area contributed by atoms with Gasteiger partial charge in [-0.25, -0.2) is 4.79 Å². The van der Waals surface area contributed by atoms with Gasteiger partial charge >= 0.3 is 6.09 Å². The normalized spacial score (nSPS) is 14.2. The SMILES string of the molecule is O=C(Oc1cccnc1)N1CCC(Oc2cccc(OCc3ccccc3)c2)CC1. The van der Waals surface area contributed by atoms with Crippen molar-refractivity contribution in [1.29, 1.82) is 0 Å². The zero-order valence-corrected chi connectivity index (χ0v) is 16.6. The van der Waals surface area contributed by atoms with Crippen LogP contribution in [0, 0.1) is 0 Å². The molecule has 4 rings (SSSR count). The fourth-order valence-electron chi connectivity index (χ4n) is 3.30. The van der Waals surface area contributed by atoms with E-state index in [1.165, 1.54) is 6.20 Å². The van der Waals surface area contributed by atoms with Crippen molar-refractivity contribution in [3.05, 3.63) is 84.7 Å². The molecule has 1 aliphatic rings. The Balaban J connectivity index is 1.25. The van der Waals surface area contributed by atoms with Crippen molar-refractivity contribution < 1.29 is 19.0 Å². The highest BCUT2D eigenvalue weighted by Gasteiger charge is 2.25. The van der Waals surface area contributed by atoms with Gasteiger partial charge in [0, 0.05) is 38.2 Å². The number of nitrogens with zero attached hydrogens (tertiary/aromatic N) is 2. The van der Waals surface area contributed by atoms with Gasteiger partial charge in [-0.15, -0.1) is 0 Å². The largest absolute Gasteiger partial charge is 0.490 e. The molecule has 154 valence electrons. The van der Waals surface area contributed by atoms with Gasteiger partial charge in [0.1, 0.15) is 24.2 Å². The second-order valence-electron chi connectivity index (χ2n) is 7.11. The van der Waals surface area contributed by atoms with E-state index in [4.69, 9.17) is 14.2 Å². The third-order valence-corrected chi connectivity index (χ3v) is 4.90. The van der Waals surface area contributed by atoms with Gasteiger partial charge in [0.25, 0.3) is 0 Å². The topological polar surface area (TPSA) is 60.9 Å². The predicted octanol–water partition coefficient (Wildman–Crippen LogP) is 4.70. The highest BCUT2D eigenvalue weighted by molar-refractivity contribution is 5.70. The van der Waals surface area contributed by atoms with Crippen LogP contribution in [0.2, 0.25) is 0 Å². The van der Waals surface area contributed by atoms with Gasteiger partial charge < -0.3 is 19.1 Å². The Hall–Kier alpha value is -3.54. The first-order chi connectivity index (χ1) is 14.8. The van der Waals surface area contributed by atoms with E-state index in [9.17, 15) is 4.79 Å². The van der Waals surface area contributed by atoms with Crippen LogP contribution in [0.5, 0.6) is 17.2 Å². The summed E-state index contributed by atoms with van der Waals surface area (Å²) in [6, 6.07) is 21.2. The predicted molar refractivity (Wildman–Crippen MR) is 113 cm³/mol. The summed E-state index contributed by atoms with van der Waals surface area (Å²) in [4.78, 5) is 17.9. The first-order valence-corrected chi connectivity index (χ1v) is 10.1. The van der Waals surface area contributed by atoms with Crippen molar-refractivity contribution >= 4 is 6.09 Å².